The first-order valence-electron chi connectivity index (χ1n) is 4.55. The Morgan fingerprint density at radius 1 is 1.67 bits per heavy atom. The first-order valence-corrected chi connectivity index (χ1v) is 5.34. The number of aromatic nitrogens is 1. The van der Waals surface area contributed by atoms with Crippen molar-refractivity contribution in [2.24, 2.45) is 0 Å². The Morgan fingerprint density at radius 2 is 2.28 bits per heavy atom. The van der Waals surface area contributed by atoms with Crippen molar-refractivity contribution in [2.45, 2.75) is 12.8 Å². The van der Waals surface area contributed by atoms with Gasteiger partial charge in [0.25, 0.3) is 12.1 Å². The summed E-state index contributed by atoms with van der Waals surface area (Å²) in [6, 6.07) is 0. The van der Waals surface area contributed by atoms with Crippen LogP contribution in [0.3, 0.4) is 0 Å². The standard InChI is InChI=1S/C9H7BrF2N2O4/c1-18-5(15)2-4-3-13-8(10)6(9(11)12)7(4)14(16)17/h3,9H,2H2,1H3. The van der Waals surface area contributed by atoms with Gasteiger partial charge >= 0.3 is 5.97 Å². The van der Waals surface area contributed by atoms with Crippen molar-refractivity contribution in [3.63, 3.8) is 0 Å². The largest absolute Gasteiger partial charge is 0.469 e. The second kappa shape index (κ2) is 5.80. The van der Waals surface area contributed by atoms with Crippen LogP contribution in [0.4, 0.5) is 14.5 Å². The van der Waals surface area contributed by atoms with E-state index in [-0.39, 0.29) is 10.2 Å². The lowest BCUT2D eigenvalue weighted by atomic mass is 10.1. The number of pyridine rings is 1. The summed E-state index contributed by atoms with van der Waals surface area (Å²) in [4.78, 5) is 24.5. The number of esters is 1. The highest BCUT2D eigenvalue weighted by molar-refractivity contribution is 9.10. The van der Waals surface area contributed by atoms with E-state index in [9.17, 15) is 23.7 Å². The molecular weight excluding hydrogens is 318 g/mol. The molecule has 0 saturated heterocycles. The monoisotopic (exact) mass is 324 g/mol. The van der Waals surface area contributed by atoms with Gasteiger partial charge in [0.2, 0.25) is 0 Å². The molecule has 0 aliphatic rings. The molecule has 0 amide bonds. The number of nitrogens with zero attached hydrogens (tertiary/aromatic N) is 2. The summed E-state index contributed by atoms with van der Waals surface area (Å²) >= 11 is 2.72. The van der Waals surface area contributed by atoms with Crippen LogP contribution in [0.25, 0.3) is 0 Å². The zero-order chi connectivity index (χ0) is 13.9. The van der Waals surface area contributed by atoms with Crippen molar-refractivity contribution >= 4 is 27.6 Å². The van der Waals surface area contributed by atoms with Gasteiger partial charge in [-0.3, -0.25) is 14.9 Å². The van der Waals surface area contributed by atoms with E-state index in [0.717, 1.165) is 13.3 Å². The third kappa shape index (κ3) is 2.97. The van der Waals surface area contributed by atoms with E-state index in [1.807, 2.05) is 0 Å². The summed E-state index contributed by atoms with van der Waals surface area (Å²) in [7, 11) is 1.09. The third-order valence-corrected chi connectivity index (χ3v) is 2.71. The Bertz CT molecular complexity index is 496. The van der Waals surface area contributed by atoms with Gasteiger partial charge in [0.05, 0.1) is 24.0 Å². The maximum Gasteiger partial charge on any atom is 0.310 e. The average molecular weight is 325 g/mol. The molecule has 0 bridgehead atoms. The smallest absolute Gasteiger partial charge is 0.310 e. The maximum atomic E-state index is 12.8. The Labute approximate surface area is 108 Å². The van der Waals surface area contributed by atoms with Gasteiger partial charge in [-0.05, 0) is 15.9 Å². The molecule has 0 N–H and O–H groups in total. The van der Waals surface area contributed by atoms with Gasteiger partial charge in [-0.2, -0.15) is 0 Å². The Kier molecular flexibility index (Phi) is 4.65. The van der Waals surface area contributed by atoms with Crippen molar-refractivity contribution < 1.29 is 23.2 Å². The molecule has 0 radical (unpaired) electrons. The molecule has 0 aromatic carbocycles. The van der Waals surface area contributed by atoms with Crippen LogP contribution in [0.2, 0.25) is 0 Å². The van der Waals surface area contributed by atoms with Crippen LogP contribution in [-0.4, -0.2) is 23.0 Å². The van der Waals surface area contributed by atoms with E-state index in [4.69, 9.17) is 0 Å². The van der Waals surface area contributed by atoms with Crippen LogP contribution in [0.5, 0.6) is 0 Å². The van der Waals surface area contributed by atoms with E-state index in [1.165, 1.54) is 0 Å². The molecule has 18 heavy (non-hydrogen) atoms. The number of alkyl halides is 2. The minimum atomic E-state index is -3.08. The molecule has 0 spiro atoms. The third-order valence-electron chi connectivity index (χ3n) is 2.08. The SMILES string of the molecule is COC(=O)Cc1cnc(Br)c(C(F)F)c1[N+](=O)[O-]. The molecule has 1 heterocycles. The van der Waals surface area contributed by atoms with E-state index in [0.29, 0.717) is 0 Å². The van der Waals surface area contributed by atoms with Crippen LogP contribution in [0.1, 0.15) is 17.6 Å². The summed E-state index contributed by atoms with van der Waals surface area (Å²) in [6.45, 7) is 0. The van der Waals surface area contributed by atoms with Crippen molar-refractivity contribution in [3.8, 4) is 0 Å². The quantitative estimate of drug-likeness (QED) is 0.367. The molecule has 6 nitrogen and oxygen atoms in total. The van der Waals surface area contributed by atoms with Crippen LogP contribution in [0, 0.1) is 10.1 Å². The van der Waals surface area contributed by atoms with E-state index < -0.39 is 35.0 Å². The number of rotatable bonds is 4. The highest BCUT2D eigenvalue weighted by Gasteiger charge is 2.30. The number of methoxy groups -OCH3 is 1. The fourth-order valence-electron chi connectivity index (χ4n) is 1.30. The van der Waals surface area contributed by atoms with Gasteiger partial charge in [-0.1, -0.05) is 0 Å². The van der Waals surface area contributed by atoms with Gasteiger partial charge in [0.1, 0.15) is 10.2 Å². The first kappa shape index (κ1) is 14.4. The van der Waals surface area contributed by atoms with E-state index in [1.54, 1.807) is 0 Å². The number of hydrogen-bond donors (Lipinski definition) is 0. The molecule has 0 unspecified atom stereocenters. The van der Waals surface area contributed by atoms with Gasteiger partial charge in [-0.25, -0.2) is 13.8 Å². The van der Waals surface area contributed by atoms with Crippen LogP contribution in [-0.2, 0) is 16.0 Å². The van der Waals surface area contributed by atoms with Gasteiger partial charge in [0, 0.05) is 6.20 Å². The lowest BCUT2D eigenvalue weighted by molar-refractivity contribution is -0.387. The number of carbonyl (C=O) groups is 1. The highest BCUT2D eigenvalue weighted by Crippen LogP contribution is 2.36. The predicted molar refractivity (Wildman–Crippen MR) is 59.3 cm³/mol. The minimum Gasteiger partial charge on any atom is -0.469 e. The van der Waals surface area contributed by atoms with Crippen molar-refractivity contribution in [2.75, 3.05) is 7.11 Å². The predicted octanol–water partition coefficient (Wildman–Crippen LogP) is 2.41. The molecule has 0 atom stereocenters. The maximum absolute atomic E-state index is 12.8. The summed E-state index contributed by atoms with van der Waals surface area (Å²) < 4.78 is 29.5. The summed E-state index contributed by atoms with van der Waals surface area (Å²) in [5, 5.41) is 10.8. The lowest BCUT2D eigenvalue weighted by Crippen LogP contribution is -2.10. The molecule has 1 aromatic heterocycles. The first-order chi connectivity index (χ1) is 8.38. The number of halogens is 3. The molecule has 0 aliphatic carbocycles. The zero-order valence-electron chi connectivity index (χ0n) is 9.02. The van der Waals surface area contributed by atoms with Crippen molar-refractivity contribution in [1.82, 2.24) is 4.98 Å². The van der Waals surface area contributed by atoms with Crippen molar-refractivity contribution in [3.05, 3.63) is 32.0 Å². The molecule has 1 rings (SSSR count). The minimum absolute atomic E-state index is 0.217. The van der Waals surface area contributed by atoms with Crippen LogP contribution >= 0.6 is 15.9 Å². The zero-order valence-corrected chi connectivity index (χ0v) is 10.6. The van der Waals surface area contributed by atoms with E-state index >= 15 is 0 Å². The number of nitro groups is 1. The van der Waals surface area contributed by atoms with Crippen LogP contribution in [0.15, 0.2) is 10.8 Å². The molecule has 0 aliphatic heterocycles. The lowest BCUT2D eigenvalue weighted by Gasteiger charge is -2.07. The Balaban J connectivity index is 3.39. The molecule has 9 heteroatoms. The second-order valence-corrected chi connectivity index (χ2v) is 3.90. The number of ether oxygens (including phenoxy) is 1. The molecule has 1 aromatic rings. The summed E-state index contributed by atoms with van der Waals surface area (Å²) in [5.74, 6) is -0.776. The molecule has 98 valence electrons. The van der Waals surface area contributed by atoms with Gasteiger partial charge in [0.15, 0.2) is 0 Å². The Morgan fingerprint density at radius 3 is 2.72 bits per heavy atom. The van der Waals surface area contributed by atoms with Crippen molar-refractivity contribution in [1.29, 1.82) is 0 Å². The fourth-order valence-corrected chi connectivity index (χ4v) is 1.77. The number of hydrogen-bond acceptors (Lipinski definition) is 5. The molecule has 0 fully saturated rings. The Hall–Kier alpha value is -1.64. The van der Waals surface area contributed by atoms with Crippen LogP contribution < -0.4 is 0 Å². The number of carbonyl (C=O) groups excluding carboxylic acids is 1. The van der Waals surface area contributed by atoms with Gasteiger partial charge in [-0.15, -0.1) is 0 Å². The topological polar surface area (TPSA) is 82.3 Å². The van der Waals surface area contributed by atoms with E-state index in [2.05, 4.69) is 25.7 Å². The highest BCUT2D eigenvalue weighted by atomic mass is 79.9. The molecule has 0 saturated carbocycles. The summed E-state index contributed by atoms with van der Waals surface area (Å²) in [6.07, 6.45) is -2.58. The van der Waals surface area contributed by atoms with Gasteiger partial charge < -0.3 is 4.74 Å². The average Bonchev–Trinajstić information content (AvgIpc) is 2.29. The fraction of sp³-hybridized carbons (Fsp3) is 0.333. The summed E-state index contributed by atoms with van der Waals surface area (Å²) in [5.41, 5.74) is -1.89. The molecular formula is C9H7BrF2N2O4. The second-order valence-electron chi connectivity index (χ2n) is 3.15. The normalized spacial score (nSPS) is 10.5.